The summed E-state index contributed by atoms with van der Waals surface area (Å²) >= 11 is 0. The second kappa shape index (κ2) is 8.95. The van der Waals surface area contributed by atoms with E-state index in [0.717, 1.165) is 11.1 Å². The van der Waals surface area contributed by atoms with Crippen LogP contribution >= 0.6 is 7.37 Å². The van der Waals surface area contributed by atoms with Crippen molar-refractivity contribution < 1.29 is 19.4 Å². The van der Waals surface area contributed by atoms with E-state index in [1.165, 1.54) is 0 Å². The number of carbonyl (C=O) groups is 1. The third kappa shape index (κ3) is 6.13. The molecule has 4 N–H and O–H groups in total. The van der Waals surface area contributed by atoms with Crippen LogP contribution in [0.5, 0.6) is 0 Å². The van der Waals surface area contributed by atoms with E-state index in [4.69, 9.17) is 5.73 Å². The third-order valence-corrected chi connectivity index (χ3v) is 6.50. The standard InChI is InChI=1S/C19H24NO4P/c20-18(12-11-15-7-3-1-4-8-15)25(23,24)14-17(19(21)22)13-16-9-5-2-6-10-16/h1-10,17-18H,11-14,20H2,(H,21,22)(H,23,24)/t17-,18-/m0/s1. The number of aliphatic carboxylic acids is 1. The van der Waals surface area contributed by atoms with Gasteiger partial charge in [0, 0.05) is 6.16 Å². The molecule has 0 saturated heterocycles. The van der Waals surface area contributed by atoms with Gasteiger partial charge >= 0.3 is 5.97 Å². The summed E-state index contributed by atoms with van der Waals surface area (Å²) in [6.45, 7) is 0. The SMILES string of the molecule is N[C@H](CCc1ccccc1)P(=O)(O)C[C@H](Cc1ccccc1)C(=O)O. The molecule has 0 amide bonds. The van der Waals surface area contributed by atoms with Gasteiger partial charge in [-0.05, 0) is 30.4 Å². The average molecular weight is 361 g/mol. The number of nitrogens with two attached hydrogens (primary N) is 1. The number of hydrogen-bond acceptors (Lipinski definition) is 3. The van der Waals surface area contributed by atoms with Gasteiger partial charge in [-0.25, -0.2) is 0 Å². The molecule has 0 fully saturated rings. The lowest BCUT2D eigenvalue weighted by molar-refractivity contribution is -0.141. The fourth-order valence-corrected chi connectivity index (χ4v) is 4.46. The van der Waals surface area contributed by atoms with Crippen LogP contribution < -0.4 is 5.73 Å². The molecule has 25 heavy (non-hydrogen) atoms. The number of carboxylic acids is 1. The quantitative estimate of drug-likeness (QED) is 0.596. The molecule has 0 aromatic heterocycles. The Morgan fingerprint density at radius 1 is 1.00 bits per heavy atom. The minimum atomic E-state index is -3.77. The Morgan fingerprint density at radius 2 is 1.52 bits per heavy atom. The number of hydrogen-bond donors (Lipinski definition) is 3. The number of aryl methyl sites for hydroxylation is 1. The Balaban J connectivity index is 1.98. The van der Waals surface area contributed by atoms with Crippen molar-refractivity contribution in [2.75, 3.05) is 6.16 Å². The van der Waals surface area contributed by atoms with Crippen LogP contribution in [-0.4, -0.2) is 27.9 Å². The van der Waals surface area contributed by atoms with Crippen molar-refractivity contribution >= 4 is 13.3 Å². The highest BCUT2D eigenvalue weighted by molar-refractivity contribution is 7.58. The van der Waals surface area contributed by atoms with Crippen LogP contribution in [-0.2, 0) is 22.2 Å². The Morgan fingerprint density at radius 3 is 2.04 bits per heavy atom. The highest BCUT2D eigenvalue weighted by Gasteiger charge is 2.33. The monoisotopic (exact) mass is 361 g/mol. The summed E-state index contributed by atoms with van der Waals surface area (Å²) in [7, 11) is -3.77. The van der Waals surface area contributed by atoms with E-state index in [0.29, 0.717) is 12.8 Å². The topological polar surface area (TPSA) is 101 Å². The van der Waals surface area contributed by atoms with Crippen LogP contribution in [0.25, 0.3) is 0 Å². The van der Waals surface area contributed by atoms with Crippen molar-refractivity contribution in [1.82, 2.24) is 0 Å². The summed E-state index contributed by atoms with van der Waals surface area (Å²) < 4.78 is 12.6. The molecule has 3 atom stereocenters. The summed E-state index contributed by atoms with van der Waals surface area (Å²) in [5, 5.41) is 9.41. The van der Waals surface area contributed by atoms with Gasteiger partial charge in [0.15, 0.2) is 0 Å². The van der Waals surface area contributed by atoms with Gasteiger partial charge in [0.05, 0.1) is 11.7 Å². The van der Waals surface area contributed by atoms with Crippen molar-refractivity contribution in [2.45, 2.75) is 25.0 Å². The molecule has 6 heteroatoms. The molecule has 0 spiro atoms. The fraction of sp³-hybridized carbons (Fsp3) is 0.316. The normalized spacial score (nSPS) is 15.9. The van der Waals surface area contributed by atoms with Gasteiger partial charge in [0.25, 0.3) is 0 Å². The van der Waals surface area contributed by atoms with Gasteiger partial charge in [0.1, 0.15) is 0 Å². The van der Waals surface area contributed by atoms with Gasteiger partial charge in [-0.3, -0.25) is 9.36 Å². The molecule has 1 unspecified atom stereocenters. The molecule has 5 nitrogen and oxygen atoms in total. The highest BCUT2D eigenvalue weighted by atomic mass is 31.2. The van der Waals surface area contributed by atoms with Gasteiger partial charge in [-0.1, -0.05) is 60.7 Å². The second-order valence-corrected chi connectivity index (χ2v) is 8.79. The predicted molar refractivity (Wildman–Crippen MR) is 98.7 cm³/mol. The number of carboxylic acid groups (broad SMARTS) is 1. The first kappa shape index (κ1) is 19.4. The molecule has 0 radical (unpaired) electrons. The Bertz CT molecular complexity index is 721. The van der Waals surface area contributed by atoms with Gasteiger partial charge < -0.3 is 15.7 Å². The van der Waals surface area contributed by atoms with Crippen molar-refractivity contribution in [3.8, 4) is 0 Å². The largest absolute Gasteiger partial charge is 0.481 e. The first-order valence-corrected chi connectivity index (χ1v) is 10.2. The second-order valence-electron chi connectivity index (χ2n) is 6.25. The first-order chi connectivity index (χ1) is 11.9. The van der Waals surface area contributed by atoms with E-state index >= 15 is 0 Å². The lowest BCUT2D eigenvalue weighted by atomic mass is 10.0. The van der Waals surface area contributed by atoms with E-state index in [-0.39, 0.29) is 12.6 Å². The zero-order chi connectivity index (χ0) is 18.3. The molecule has 0 aliphatic heterocycles. The van der Waals surface area contributed by atoms with E-state index in [1.54, 1.807) is 0 Å². The van der Waals surface area contributed by atoms with Crippen LogP contribution in [0.2, 0.25) is 0 Å². The van der Waals surface area contributed by atoms with E-state index < -0.39 is 25.0 Å². The zero-order valence-electron chi connectivity index (χ0n) is 14.0. The maximum absolute atomic E-state index is 12.6. The first-order valence-electron chi connectivity index (χ1n) is 8.26. The van der Waals surface area contributed by atoms with E-state index in [9.17, 15) is 19.4 Å². The minimum absolute atomic E-state index is 0.214. The smallest absolute Gasteiger partial charge is 0.307 e. The maximum atomic E-state index is 12.6. The average Bonchev–Trinajstić information content (AvgIpc) is 2.60. The molecule has 0 bridgehead atoms. The summed E-state index contributed by atoms with van der Waals surface area (Å²) in [6.07, 6.45) is 0.831. The van der Waals surface area contributed by atoms with E-state index in [2.05, 4.69) is 0 Å². The fourth-order valence-electron chi connectivity index (χ4n) is 2.74. The van der Waals surface area contributed by atoms with Crippen LogP contribution in [0.15, 0.2) is 60.7 Å². The van der Waals surface area contributed by atoms with E-state index in [1.807, 2.05) is 60.7 Å². The molecule has 2 rings (SSSR count). The molecule has 2 aromatic carbocycles. The van der Waals surface area contributed by atoms with Crippen LogP contribution in [0.4, 0.5) is 0 Å². The number of benzene rings is 2. The Hall–Kier alpha value is -1.94. The molecular weight excluding hydrogens is 337 g/mol. The third-order valence-electron chi connectivity index (χ3n) is 4.25. The van der Waals surface area contributed by atoms with Crippen molar-refractivity contribution in [2.24, 2.45) is 11.7 Å². The van der Waals surface area contributed by atoms with Crippen molar-refractivity contribution in [1.29, 1.82) is 0 Å². The zero-order valence-corrected chi connectivity index (χ0v) is 14.9. The molecule has 134 valence electrons. The molecule has 0 heterocycles. The minimum Gasteiger partial charge on any atom is -0.481 e. The van der Waals surface area contributed by atoms with Crippen molar-refractivity contribution in [3.05, 3.63) is 71.8 Å². The highest BCUT2D eigenvalue weighted by Crippen LogP contribution is 2.47. The predicted octanol–water partition coefficient (Wildman–Crippen LogP) is 3.12. The number of rotatable bonds is 9. The Labute approximate surface area is 148 Å². The summed E-state index contributed by atoms with van der Waals surface area (Å²) in [5.74, 6) is -2.93. The maximum Gasteiger partial charge on any atom is 0.307 e. The molecule has 0 aliphatic rings. The lowest BCUT2D eigenvalue weighted by Crippen LogP contribution is -2.28. The summed E-state index contributed by atoms with van der Waals surface area (Å²) in [6, 6.07) is 18.7. The molecule has 0 saturated carbocycles. The summed E-state index contributed by atoms with van der Waals surface area (Å²) in [4.78, 5) is 21.8. The van der Waals surface area contributed by atoms with Gasteiger partial charge in [-0.15, -0.1) is 0 Å². The van der Waals surface area contributed by atoms with Crippen molar-refractivity contribution in [3.63, 3.8) is 0 Å². The molecule has 0 aliphatic carbocycles. The Kier molecular flexibility index (Phi) is 6.94. The van der Waals surface area contributed by atoms with Gasteiger partial charge in [0.2, 0.25) is 7.37 Å². The van der Waals surface area contributed by atoms with Gasteiger partial charge in [-0.2, -0.15) is 0 Å². The van der Waals surface area contributed by atoms with Crippen LogP contribution in [0, 0.1) is 5.92 Å². The summed E-state index contributed by atoms with van der Waals surface area (Å²) in [5.41, 5.74) is 7.80. The van der Waals surface area contributed by atoms with Crippen LogP contribution in [0.3, 0.4) is 0 Å². The molecular formula is C19H24NO4P. The lowest BCUT2D eigenvalue weighted by Gasteiger charge is -2.22. The van der Waals surface area contributed by atoms with Crippen LogP contribution in [0.1, 0.15) is 17.5 Å². The molecule has 2 aromatic rings.